The van der Waals surface area contributed by atoms with E-state index in [1.165, 1.54) is 0 Å². The van der Waals surface area contributed by atoms with Crippen molar-refractivity contribution in [3.05, 3.63) is 22.9 Å². The maximum atomic E-state index is 12.4. The summed E-state index contributed by atoms with van der Waals surface area (Å²) in [4.78, 5) is 18.9. The Hall–Kier alpha value is -1.31. The summed E-state index contributed by atoms with van der Waals surface area (Å²) in [5.74, 6) is 0.683. The average Bonchev–Trinajstić information content (AvgIpc) is 2.85. The summed E-state index contributed by atoms with van der Waals surface area (Å²) in [6, 6.07) is 1.89. The molecule has 134 valence electrons. The first-order chi connectivity index (χ1) is 11.0. The Kier molecular flexibility index (Phi) is 5.47. The SMILES string of the molecule is CC(C)N(C)c1cc2c(c([C@@H](C)N[S@@+]([O-])C(C)(C)C)n1)CNC2=O. The highest BCUT2D eigenvalue weighted by molar-refractivity contribution is 7.90. The monoisotopic (exact) mass is 352 g/mol. The van der Waals surface area contributed by atoms with Crippen LogP contribution in [0.4, 0.5) is 5.82 Å². The lowest BCUT2D eigenvalue weighted by atomic mass is 10.0. The molecule has 0 saturated carbocycles. The minimum Gasteiger partial charge on any atom is -0.598 e. The Bertz CT molecular complexity index is 628. The summed E-state index contributed by atoms with van der Waals surface area (Å²) in [7, 11) is 1.96. The molecule has 1 aliphatic heterocycles. The molecular weight excluding hydrogens is 324 g/mol. The zero-order chi connectivity index (χ0) is 18.2. The fraction of sp³-hybridized carbons (Fsp3) is 0.647. The Morgan fingerprint density at radius 1 is 1.38 bits per heavy atom. The van der Waals surface area contributed by atoms with Gasteiger partial charge < -0.3 is 14.8 Å². The van der Waals surface area contributed by atoms with Crippen LogP contribution in [0.1, 0.15) is 69.2 Å². The fourth-order valence-corrected chi connectivity index (χ4v) is 3.21. The summed E-state index contributed by atoms with van der Waals surface area (Å²) >= 11 is -1.21. The maximum absolute atomic E-state index is 12.4. The van der Waals surface area contributed by atoms with Crippen molar-refractivity contribution in [3.63, 3.8) is 0 Å². The Morgan fingerprint density at radius 2 is 2.00 bits per heavy atom. The number of aromatic nitrogens is 1. The molecule has 0 spiro atoms. The minimum atomic E-state index is -1.21. The van der Waals surface area contributed by atoms with Crippen LogP contribution in [-0.2, 0) is 17.9 Å². The van der Waals surface area contributed by atoms with E-state index in [2.05, 4.69) is 23.9 Å². The van der Waals surface area contributed by atoms with Crippen molar-refractivity contribution < 1.29 is 9.35 Å². The molecule has 0 aliphatic carbocycles. The number of hydrogen-bond acceptors (Lipinski definition) is 5. The van der Waals surface area contributed by atoms with Gasteiger partial charge >= 0.3 is 0 Å². The van der Waals surface area contributed by atoms with Gasteiger partial charge in [0, 0.05) is 42.1 Å². The summed E-state index contributed by atoms with van der Waals surface area (Å²) in [6.07, 6.45) is 0. The molecule has 2 N–H and O–H groups in total. The van der Waals surface area contributed by atoms with E-state index in [-0.39, 0.29) is 22.7 Å². The quantitative estimate of drug-likeness (QED) is 0.795. The molecule has 0 unspecified atom stereocenters. The molecule has 1 amide bonds. The van der Waals surface area contributed by atoms with Crippen LogP contribution >= 0.6 is 0 Å². The molecule has 7 heteroatoms. The fourth-order valence-electron chi connectivity index (χ4n) is 2.43. The molecule has 24 heavy (non-hydrogen) atoms. The van der Waals surface area contributed by atoms with Crippen LogP contribution in [0.5, 0.6) is 0 Å². The van der Waals surface area contributed by atoms with Gasteiger partial charge in [0.15, 0.2) is 0 Å². The highest BCUT2D eigenvalue weighted by Crippen LogP contribution is 2.29. The molecule has 0 radical (unpaired) electrons. The van der Waals surface area contributed by atoms with Gasteiger partial charge in [-0.05, 0) is 47.6 Å². The predicted octanol–water partition coefficient (Wildman–Crippen LogP) is 2.28. The number of fused-ring (bicyclic) bond motifs is 1. The van der Waals surface area contributed by atoms with E-state index >= 15 is 0 Å². The van der Waals surface area contributed by atoms with Gasteiger partial charge in [0.2, 0.25) is 0 Å². The lowest BCUT2D eigenvalue weighted by Crippen LogP contribution is -2.41. The first-order valence-electron chi connectivity index (χ1n) is 8.25. The predicted molar refractivity (Wildman–Crippen MR) is 98.4 cm³/mol. The third-order valence-corrected chi connectivity index (χ3v) is 5.88. The van der Waals surface area contributed by atoms with Crippen molar-refractivity contribution in [2.75, 3.05) is 11.9 Å². The van der Waals surface area contributed by atoms with Crippen molar-refractivity contribution in [3.8, 4) is 0 Å². The minimum absolute atomic E-state index is 0.0730. The molecular formula is C17H28N4O2S. The van der Waals surface area contributed by atoms with Crippen LogP contribution < -0.4 is 14.9 Å². The molecule has 1 aromatic heterocycles. The van der Waals surface area contributed by atoms with Gasteiger partial charge in [0.1, 0.15) is 10.6 Å². The molecule has 2 atom stereocenters. The van der Waals surface area contributed by atoms with Crippen molar-refractivity contribution in [1.29, 1.82) is 0 Å². The Labute approximate surface area is 147 Å². The molecule has 0 fully saturated rings. The number of anilines is 1. The number of nitrogens with one attached hydrogen (secondary N) is 2. The number of carbonyl (C=O) groups is 1. The van der Waals surface area contributed by atoms with Crippen LogP contribution in [0, 0.1) is 0 Å². The van der Waals surface area contributed by atoms with Gasteiger partial charge in [-0.25, -0.2) is 4.98 Å². The molecule has 0 aromatic carbocycles. The number of amides is 1. The van der Waals surface area contributed by atoms with E-state index < -0.39 is 11.4 Å². The summed E-state index contributed by atoms with van der Waals surface area (Å²) < 4.78 is 15.2. The maximum Gasteiger partial charge on any atom is 0.252 e. The number of rotatable bonds is 5. The van der Waals surface area contributed by atoms with Crippen LogP contribution in [0.15, 0.2) is 6.07 Å². The van der Waals surface area contributed by atoms with Crippen LogP contribution in [-0.4, -0.2) is 33.3 Å². The lowest BCUT2D eigenvalue weighted by molar-refractivity contribution is 0.0965. The van der Waals surface area contributed by atoms with Crippen LogP contribution in [0.2, 0.25) is 0 Å². The third-order valence-electron chi connectivity index (χ3n) is 4.20. The van der Waals surface area contributed by atoms with Gasteiger partial charge in [-0.15, -0.1) is 4.72 Å². The first-order valence-corrected chi connectivity index (χ1v) is 9.40. The molecule has 0 bridgehead atoms. The van der Waals surface area contributed by atoms with Gasteiger partial charge in [0.25, 0.3) is 5.91 Å². The molecule has 2 rings (SSSR count). The summed E-state index contributed by atoms with van der Waals surface area (Å²) in [5.41, 5.74) is 2.34. The molecule has 0 saturated heterocycles. The van der Waals surface area contributed by atoms with E-state index in [0.717, 1.165) is 17.1 Å². The Balaban J connectivity index is 2.41. The second-order valence-electron chi connectivity index (χ2n) is 7.50. The highest BCUT2D eigenvalue weighted by atomic mass is 32.2. The average molecular weight is 353 g/mol. The number of nitrogens with zero attached hydrogens (tertiary/aromatic N) is 2. The second-order valence-corrected chi connectivity index (χ2v) is 9.50. The van der Waals surface area contributed by atoms with E-state index in [1.54, 1.807) is 0 Å². The third kappa shape index (κ3) is 3.84. The van der Waals surface area contributed by atoms with Crippen LogP contribution in [0.3, 0.4) is 0 Å². The van der Waals surface area contributed by atoms with Gasteiger partial charge in [0.05, 0.1) is 11.7 Å². The van der Waals surface area contributed by atoms with Gasteiger partial charge in [-0.3, -0.25) is 4.79 Å². The lowest BCUT2D eigenvalue weighted by Gasteiger charge is -2.28. The zero-order valence-electron chi connectivity index (χ0n) is 15.6. The number of hydrogen-bond donors (Lipinski definition) is 2. The van der Waals surface area contributed by atoms with E-state index in [1.807, 2.05) is 45.7 Å². The van der Waals surface area contributed by atoms with Crippen molar-refractivity contribution >= 4 is 23.1 Å². The second kappa shape index (κ2) is 6.90. The van der Waals surface area contributed by atoms with E-state index in [0.29, 0.717) is 12.1 Å². The number of pyridine rings is 1. The van der Waals surface area contributed by atoms with E-state index in [9.17, 15) is 9.35 Å². The van der Waals surface area contributed by atoms with Crippen molar-refractivity contribution in [2.45, 2.75) is 64.9 Å². The topological polar surface area (TPSA) is 80.3 Å². The largest absolute Gasteiger partial charge is 0.598 e. The van der Waals surface area contributed by atoms with Gasteiger partial charge in [-0.2, -0.15) is 0 Å². The van der Waals surface area contributed by atoms with Crippen molar-refractivity contribution in [1.82, 2.24) is 15.0 Å². The number of carbonyl (C=O) groups excluding carboxylic acids is 1. The highest BCUT2D eigenvalue weighted by Gasteiger charge is 2.32. The summed E-state index contributed by atoms with van der Waals surface area (Å²) in [6.45, 7) is 12.3. The zero-order valence-corrected chi connectivity index (χ0v) is 16.4. The normalized spacial score (nSPS) is 16.8. The van der Waals surface area contributed by atoms with Crippen LogP contribution in [0.25, 0.3) is 0 Å². The van der Waals surface area contributed by atoms with E-state index in [4.69, 9.17) is 4.98 Å². The molecule has 6 nitrogen and oxygen atoms in total. The van der Waals surface area contributed by atoms with Gasteiger partial charge in [-0.1, -0.05) is 0 Å². The molecule has 1 aromatic rings. The smallest absolute Gasteiger partial charge is 0.252 e. The molecule has 2 heterocycles. The van der Waals surface area contributed by atoms with Crippen molar-refractivity contribution in [2.24, 2.45) is 0 Å². The molecule has 1 aliphatic rings. The standard InChI is InChI=1S/C17H28N4O2S/c1-10(2)21(7)14-8-12-13(9-18-16(12)22)15(19-14)11(3)20-24(23)17(4,5)6/h8,10-11,20H,9H2,1-7H3,(H,18,22)/t11-,24+/m1/s1. The first kappa shape index (κ1) is 19.0. The summed E-state index contributed by atoms with van der Waals surface area (Å²) in [5, 5.41) is 2.86. The Morgan fingerprint density at radius 3 is 2.54 bits per heavy atom.